The van der Waals surface area contributed by atoms with E-state index in [1.165, 1.54) is 0 Å². The van der Waals surface area contributed by atoms with Crippen molar-refractivity contribution in [3.63, 3.8) is 0 Å². The first-order valence-electron chi connectivity index (χ1n) is 5.19. The highest BCUT2D eigenvalue weighted by molar-refractivity contribution is 6.13. The molecule has 0 radical (unpaired) electrons. The van der Waals surface area contributed by atoms with Gasteiger partial charge in [0.1, 0.15) is 11.7 Å². The van der Waals surface area contributed by atoms with Crippen LogP contribution in [0.2, 0.25) is 0 Å². The molecule has 0 amide bonds. The highest BCUT2D eigenvalue weighted by Gasteiger charge is 2.41. The average Bonchev–Trinajstić information content (AvgIpc) is 2.97. The predicted molar refractivity (Wildman–Crippen MR) is 52.8 cm³/mol. The highest BCUT2D eigenvalue weighted by atomic mass is 16.4. The Morgan fingerprint density at radius 3 is 2.25 bits per heavy atom. The summed E-state index contributed by atoms with van der Waals surface area (Å²) in [5.41, 5.74) is 0.108. The van der Waals surface area contributed by atoms with Gasteiger partial charge in [0.25, 0.3) is 0 Å². The van der Waals surface area contributed by atoms with Crippen LogP contribution in [-0.4, -0.2) is 27.7 Å². The number of aliphatic carboxylic acids is 1. The summed E-state index contributed by atoms with van der Waals surface area (Å²) in [6, 6.07) is 0. The monoisotopic (exact) mass is 224 g/mol. The van der Waals surface area contributed by atoms with Crippen molar-refractivity contribution in [2.24, 2.45) is 11.8 Å². The number of aliphatic hydroxyl groups excluding tert-OH is 1. The molecule has 0 aliphatic heterocycles. The Kier molecular flexibility index (Phi) is 2.53. The van der Waals surface area contributed by atoms with Crippen molar-refractivity contribution in [3.8, 4) is 0 Å². The number of carbonyl (C=O) groups is 3. The number of allylic oxidation sites excluding steroid dienone is 1. The van der Waals surface area contributed by atoms with Gasteiger partial charge in [0, 0.05) is 12.3 Å². The van der Waals surface area contributed by atoms with Gasteiger partial charge in [-0.1, -0.05) is 0 Å². The third-order valence-corrected chi connectivity index (χ3v) is 2.97. The first-order chi connectivity index (χ1) is 7.50. The van der Waals surface area contributed by atoms with Gasteiger partial charge >= 0.3 is 5.97 Å². The molecule has 0 bridgehead atoms. The van der Waals surface area contributed by atoms with E-state index in [0.717, 1.165) is 12.8 Å². The molecule has 2 rings (SSSR count). The van der Waals surface area contributed by atoms with Crippen molar-refractivity contribution in [1.82, 2.24) is 0 Å². The maximum Gasteiger partial charge on any atom is 0.318 e. The normalized spacial score (nSPS) is 29.1. The van der Waals surface area contributed by atoms with Gasteiger partial charge < -0.3 is 10.2 Å². The molecule has 2 aliphatic rings. The highest BCUT2D eigenvalue weighted by Crippen LogP contribution is 2.40. The van der Waals surface area contributed by atoms with Crippen molar-refractivity contribution in [3.05, 3.63) is 11.3 Å². The van der Waals surface area contributed by atoms with Crippen LogP contribution in [0, 0.1) is 11.8 Å². The maximum absolute atomic E-state index is 11.5. The van der Waals surface area contributed by atoms with Gasteiger partial charge in [-0.25, -0.2) is 0 Å². The minimum absolute atomic E-state index is 0.0458. The lowest BCUT2D eigenvalue weighted by Gasteiger charge is -2.21. The topological polar surface area (TPSA) is 91.7 Å². The lowest BCUT2D eigenvalue weighted by Crippen LogP contribution is -2.34. The van der Waals surface area contributed by atoms with Gasteiger partial charge in [-0.3, -0.25) is 14.4 Å². The number of Topliss-reactive ketones (excluding diaryl/α,β-unsaturated/α-hetero) is 2. The molecule has 0 spiro atoms. The standard InChI is InChI=1S/C11H12O5/c12-6-3-7(10(14)5-1-2-5)9(11(15)16)8(13)4-6/h5,9,14H,1-4H2,(H,15,16)/b10-7-. The lowest BCUT2D eigenvalue weighted by atomic mass is 9.81. The molecule has 0 aromatic heterocycles. The van der Waals surface area contributed by atoms with Gasteiger partial charge in [-0.15, -0.1) is 0 Å². The zero-order chi connectivity index (χ0) is 11.9. The number of aliphatic hydroxyl groups is 1. The number of carbonyl (C=O) groups excluding carboxylic acids is 2. The Labute approximate surface area is 91.8 Å². The number of ketones is 2. The second-order valence-electron chi connectivity index (χ2n) is 4.31. The first-order valence-corrected chi connectivity index (χ1v) is 5.19. The van der Waals surface area contributed by atoms with Crippen LogP contribution in [0.5, 0.6) is 0 Å². The number of hydrogen-bond donors (Lipinski definition) is 2. The zero-order valence-corrected chi connectivity index (χ0v) is 8.60. The zero-order valence-electron chi connectivity index (χ0n) is 8.60. The average molecular weight is 224 g/mol. The van der Waals surface area contributed by atoms with Crippen molar-refractivity contribution < 1.29 is 24.6 Å². The molecule has 0 aromatic carbocycles. The molecule has 2 fully saturated rings. The van der Waals surface area contributed by atoms with E-state index in [4.69, 9.17) is 5.11 Å². The van der Waals surface area contributed by atoms with Crippen LogP contribution in [0.4, 0.5) is 0 Å². The molecule has 2 saturated carbocycles. The van der Waals surface area contributed by atoms with E-state index in [-0.39, 0.29) is 35.9 Å². The van der Waals surface area contributed by atoms with E-state index in [2.05, 4.69) is 0 Å². The van der Waals surface area contributed by atoms with Crippen molar-refractivity contribution in [2.75, 3.05) is 0 Å². The Morgan fingerprint density at radius 2 is 1.75 bits per heavy atom. The molecule has 1 atom stereocenters. The van der Waals surface area contributed by atoms with Crippen LogP contribution < -0.4 is 0 Å². The minimum atomic E-state index is -1.32. The third-order valence-electron chi connectivity index (χ3n) is 2.97. The fourth-order valence-corrected chi connectivity index (χ4v) is 2.01. The van der Waals surface area contributed by atoms with Crippen LogP contribution in [0.1, 0.15) is 25.7 Å². The molecule has 0 heterocycles. The third kappa shape index (κ3) is 1.85. The van der Waals surface area contributed by atoms with Crippen molar-refractivity contribution >= 4 is 17.5 Å². The first kappa shape index (κ1) is 10.9. The van der Waals surface area contributed by atoms with Gasteiger partial charge in [-0.2, -0.15) is 0 Å². The van der Waals surface area contributed by atoms with E-state index in [1.807, 2.05) is 0 Å². The summed E-state index contributed by atoms with van der Waals surface area (Å²) < 4.78 is 0. The maximum atomic E-state index is 11.5. The van der Waals surface area contributed by atoms with E-state index in [0.29, 0.717) is 0 Å². The minimum Gasteiger partial charge on any atom is -0.512 e. The van der Waals surface area contributed by atoms with Crippen molar-refractivity contribution in [2.45, 2.75) is 25.7 Å². The molecular formula is C11H12O5. The van der Waals surface area contributed by atoms with Gasteiger partial charge in [0.05, 0.1) is 12.2 Å². The smallest absolute Gasteiger partial charge is 0.318 e. The summed E-state index contributed by atoms with van der Waals surface area (Å²) in [6.07, 6.45) is 1.15. The fourth-order valence-electron chi connectivity index (χ4n) is 2.01. The van der Waals surface area contributed by atoms with Crippen LogP contribution >= 0.6 is 0 Å². The Bertz CT molecular complexity index is 403. The fraction of sp³-hybridized carbons (Fsp3) is 0.545. The molecule has 0 saturated heterocycles. The van der Waals surface area contributed by atoms with Crippen molar-refractivity contribution in [1.29, 1.82) is 0 Å². The SMILES string of the molecule is O=C1CC(=O)C(C(=O)O)/C(=C(\O)C2CC2)C1. The second-order valence-corrected chi connectivity index (χ2v) is 4.31. The Hall–Kier alpha value is -1.65. The predicted octanol–water partition coefficient (Wildman–Crippen LogP) is 0.841. The summed E-state index contributed by atoms with van der Waals surface area (Å²) in [5.74, 6) is -3.63. The molecule has 5 heteroatoms. The Balaban J connectivity index is 2.37. The lowest BCUT2D eigenvalue weighted by molar-refractivity contribution is -0.146. The summed E-state index contributed by atoms with van der Waals surface area (Å²) in [5, 5.41) is 18.7. The molecule has 16 heavy (non-hydrogen) atoms. The summed E-state index contributed by atoms with van der Waals surface area (Å²) in [6.45, 7) is 0. The van der Waals surface area contributed by atoms with Gasteiger partial charge in [-0.05, 0) is 18.4 Å². The van der Waals surface area contributed by atoms with E-state index < -0.39 is 17.7 Å². The van der Waals surface area contributed by atoms with E-state index in [1.54, 1.807) is 0 Å². The Morgan fingerprint density at radius 1 is 1.12 bits per heavy atom. The molecular weight excluding hydrogens is 212 g/mol. The van der Waals surface area contributed by atoms with Crippen LogP contribution in [0.3, 0.4) is 0 Å². The summed E-state index contributed by atoms with van der Waals surface area (Å²) >= 11 is 0. The quantitative estimate of drug-likeness (QED) is 0.535. The van der Waals surface area contributed by atoms with Crippen LogP contribution in [-0.2, 0) is 14.4 Å². The van der Waals surface area contributed by atoms with Crippen LogP contribution in [0.15, 0.2) is 11.3 Å². The second kappa shape index (κ2) is 3.73. The number of carboxylic acids is 1. The van der Waals surface area contributed by atoms with Gasteiger partial charge in [0.15, 0.2) is 5.78 Å². The molecule has 2 aliphatic carbocycles. The number of hydrogen-bond acceptors (Lipinski definition) is 4. The van der Waals surface area contributed by atoms with E-state index in [9.17, 15) is 19.5 Å². The molecule has 1 unspecified atom stereocenters. The molecule has 86 valence electrons. The number of rotatable bonds is 2. The summed E-state index contributed by atoms with van der Waals surface area (Å²) in [4.78, 5) is 33.6. The molecule has 0 aromatic rings. The van der Waals surface area contributed by atoms with E-state index >= 15 is 0 Å². The van der Waals surface area contributed by atoms with Gasteiger partial charge in [0.2, 0.25) is 0 Å². The largest absolute Gasteiger partial charge is 0.512 e. The molecule has 5 nitrogen and oxygen atoms in total. The number of carboxylic acid groups (broad SMARTS) is 1. The van der Waals surface area contributed by atoms with Crippen LogP contribution in [0.25, 0.3) is 0 Å². The summed E-state index contributed by atoms with van der Waals surface area (Å²) in [7, 11) is 0. The molecule has 2 N–H and O–H groups in total.